The SMILES string of the molecule is C=C1CCC2=C1CC=N2. The monoisotopic (exact) mass is 119 g/mol. The Morgan fingerprint density at radius 1 is 1.44 bits per heavy atom. The molecule has 46 valence electrons. The number of hydrogen-bond acceptors (Lipinski definition) is 1. The van der Waals surface area contributed by atoms with Crippen molar-refractivity contribution in [2.24, 2.45) is 4.99 Å². The van der Waals surface area contributed by atoms with Gasteiger partial charge in [-0.25, -0.2) is 0 Å². The fourth-order valence-electron chi connectivity index (χ4n) is 1.43. The number of rotatable bonds is 0. The molecule has 1 aliphatic heterocycles. The van der Waals surface area contributed by atoms with Gasteiger partial charge in [0, 0.05) is 18.3 Å². The molecule has 0 saturated carbocycles. The summed E-state index contributed by atoms with van der Waals surface area (Å²) < 4.78 is 0. The third kappa shape index (κ3) is 0.576. The van der Waals surface area contributed by atoms with Crippen molar-refractivity contribution in [3.8, 4) is 0 Å². The van der Waals surface area contributed by atoms with E-state index in [0.29, 0.717) is 0 Å². The van der Waals surface area contributed by atoms with Gasteiger partial charge in [-0.2, -0.15) is 0 Å². The summed E-state index contributed by atoms with van der Waals surface area (Å²) in [6.07, 6.45) is 5.29. The molecule has 0 saturated heterocycles. The largest absolute Gasteiger partial charge is 0.265 e. The van der Waals surface area contributed by atoms with E-state index >= 15 is 0 Å². The van der Waals surface area contributed by atoms with Crippen molar-refractivity contribution in [2.75, 3.05) is 0 Å². The Balaban J connectivity index is 2.42. The molecule has 0 N–H and O–H groups in total. The van der Waals surface area contributed by atoms with Crippen LogP contribution in [0.3, 0.4) is 0 Å². The van der Waals surface area contributed by atoms with E-state index < -0.39 is 0 Å². The van der Waals surface area contributed by atoms with Crippen LogP contribution in [0.2, 0.25) is 0 Å². The molecule has 0 bridgehead atoms. The molecule has 1 heterocycles. The quantitative estimate of drug-likeness (QED) is 0.463. The highest BCUT2D eigenvalue weighted by atomic mass is 14.8. The second kappa shape index (κ2) is 1.56. The van der Waals surface area contributed by atoms with E-state index in [2.05, 4.69) is 11.6 Å². The smallest absolute Gasteiger partial charge is 0.0441 e. The van der Waals surface area contributed by atoms with Crippen LogP contribution in [0, 0.1) is 0 Å². The zero-order valence-corrected chi connectivity index (χ0v) is 5.35. The van der Waals surface area contributed by atoms with Gasteiger partial charge in [0.25, 0.3) is 0 Å². The van der Waals surface area contributed by atoms with Gasteiger partial charge in [0.05, 0.1) is 0 Å². The standard InChI is InChI=1S/C8H9N/c1-6-2-3-8-7(6)4-5-9-8/h5H,1-4H2. The summed E-state index contributed by atoms with van der Waals surface area (Å²) in [5, 5.41) is 0. The van der Waals surface area contributed by atoms with Gasteiger partial charge in [-0.05, 0) is 24.0 Å². The third-order valence-electron chi connectivity index (χ3n) is 1.98. The number of nitrogens with zero attached hydrogens (tertiary/aromatic N) is 1. The highest BCUT2D eigenvalue weighted by molar-refractivity contribution is 5.71. The molecule has 0 aromatic rings. The predicted molar refractivity (Wildman–Crippen MR) is 38.5 cm³/mol. The van der Waals surface area contributed by atoms with Crippen molar-refractivity contribution < 1.29 is 0 Å². The molecule has 1 heteroatoms. The van der Waals surface area contributed by atoms with Crippen LogP contribution in [0.4, 0.5) is 0 Å². The first kappa shape index (κ1) is 4.98. The van der Waals surface area contributed by atoms with Crippen LogP contribution in [0.15, 0.2) is 28.4 Å². The van der Waals surface area contributed by atoms with E-state index in [-0.39, 0.29) is 0 Å². The molecule has 1 nitrogen and oxygen atoms in total. The van der Waals surface area contributed by atoms with Gasteiger partial charge in [-0.1, -0.05) is 6.58 Å². The van der Waals surface area contributed by atoms with Crippen molar-refractivity contribution in [2.45, 2.75) is 19.3 Å². The average molecular weight is 119 g/mol. The lowest BCUT2D eigenvalue weighted by atomic mass is 10.1. The van der Waals surface area contributed by atoms with Gasteiger partial charge in [0.1, 0.15) is 0 Å². The van der Waals surface area contributed by atoms with Crippen LogP contribution in [0.5, 0.6) is 0 Å². The first-order chi connectivity index (χ1) is 4.38. The summed E-state index contributed by atoms with van der Waals surface area (Å²) in [5.41, 5.74) is 4.01. The van der Waals surface area contributed by atoms with Crippen LogP contribution in [0.25, 0.3) is 0 Å². The topological polar surface area (TPSA) is 12.4 Å². The van der Waals surface area contributed by atoms with Crippen LogP contribution in [0.1, 0.15) is 19.3 Å². The Morgan fingerprint density at radius 3 is 3.11 bits per heavy atom. The number of allylic oxidation sites excluding steroid dienone is 3. The van der Waals surface area contributed by atoms with Crippen molar-refractivity contribution in [1.29, 1.82) is 0 Å². The lowest BCUT2D eigenvalue weighted by molar-refractivity contribution is 0.996. The first-order valence-electron chi connectivity index (χ1n) is 3.30. The van der Waals surface area contributed by atoms with E-state index in [4.69, 9.17) is 0 Å². The van der Waals surface area contributed by atoms with Gasteiger partial charge in [0.15, 0.2) is 0 Å². The molecule has 0 amide bonds. The molecule has 0 radical (unpaired) electrons. The molecular weight excluding hydrogens is 110 g/mol. The zero-order chi connectivity index (χ0) is 6.27. The fraction of sp³-hybridized carbons (Fsp3) is 0.375. The number of hydrogen-bond donors (Lipinski definition) is 0. The molecule has 0 unspecified atom stereocenters. The summed E-state index contributed by atoms with van der Waals surface area (Å²) in [4.78, 5) is 4.24. The van der Waals surface area contributed by atoms with Gasteiger partial charge in [0.2, 0.25) is 0 Å². The molecule has 9 heavy (non-hydrogen) atoms. The van der Waals surface area contributed by atoms with E-state index in [9.17, 15) is 0 Å². The minimum absolute atomic E-state index is 1.04. The number of aliphatic imine (C=N–C) groups is 1. The molecule has 0 fully saturated rings. The van der Waals surface area contributed by atoms with E-state index in [1.165, 1.54) is 16.8 Å². The first-order valence-corrected chi connectivity index (χ1v) is 3.30. The summed E-state index contributed by atoms with van der Waals surface area (Å²) in [6, 6.07) is 0. The summed E-state index contributed by atoms with van der Waals surface area (Å²) in [5.74, 6) is 0. The van der Waals surface area contributed by atoms with Crippen LogP contribution < -0.4 is 0 Å². The summed E-state index contributed by atoms with van der Waals surface area (Å²) in [7, 11) is 0. The predicted octanol–water partition coefficient (Wildman–Crippen LogP) is 2.07. The van der Waals surface area contributed by atoms with Crippen LogP contribution in [-0.2, 0) is 0 Å². The molecule has 0 spiro atoms. The third-order valence-corrected chi connectivity index (χ3v) is 1.98. The minimum Gasteiger partial charge on any atom is -0.265 e. The normalized spacial score (nSPS) is 23.8. The Hall–Kier alpha value is -0.850. The average Bonchev–Trinajstić information content (AvgIpc) is 2.35. The van der Waals surface area contributed by atoms with Crippen LogP contribution >= 0.6 is 0 Å². The molecule has 2 aliphatic rings. The fourth-order valence-corrected chi connectivity index (χ4v) is 1.43. The molecule has 0 aromatic carbocycles. The van der Waals surface area contributed by atoms with E-state index in [1.807, 2.05) is 6.21 Å². The van der Waals surface area contributed by atoms with E-state index in [0.717, 1.165) is 19.3 Å². The molecule has 1 aliphatic carbocycles. The Kier molecular flexibility index (Phi) is 0.865. The maximum atomic E-state index is 4.24. The lowest BCUT2D eigenvalue weighted by Gasteiger charge is -1.93. The van der Waals surface area contributed by atoms with Crippen molar-refractivity contribution in [3.05, 3.63) is 23.4 Å². The Bertz CT molecular complexity index is 221. The lowest BCUT2D eigenvalue weighted by Crippen LogP contribution is -1.78. The molecule has 2 rings (SSSR count). The molecular formula is C8H9N. The van der Waals surface area contributed by atoms with Crippen molar-refractivity contribution in [3.63, 3.8) is 0 Å². The maximum Gasteiger partial charge on any atom is 0.0441 e. The Labute approximate surface area is 54.8 Å². The Morgan fingerprint density at radius 2 is 2.33 bits per heavy atom. The second-order valence-corrected chi connectivity index (χ2v) is 2.54. The van der Waals surface area contributed by atoms with E-state index in [1.54, 1.807) is 0 Å². The van der Waals surface area contributed by atoms with Gasteiger partial charge in [-0.3, -0.25) is 4.99 Å². The second-order valence-electron chi connectivity index (χ2n) is 2.54. The van der Waals surface area contributed by atoms with Crippen molar-refractivity contribution in [1.82, 2.24) is 0 Å². The van der Waals surface area contributed by atoms with Gasteiger partial charge in [-0.15, -0.1) is 0 Å². The van der Waals surface area contributed by atoms with Gasteiger partial charge >= 0.3 is 0 Å². The van der Waals surface area contributed by atoms with Crippen molar-refractivity contribution >= 4 is 6.21 Å². The summed E-state index contributed by atoms with van der Waals surface area (Å²) in [6.45, 7) is 3.96. The molecule has 0 aromatic heterocycles. The zero-order valence-electron chi connectivity index (χ0n) is 5.35. The maximum absolute atomic E-state index is 4.24. The molecule has 0 atom stereocenters. The summed E-state index contributed by atoms with van der Waals surface area (Å²) >= 11 is 0. The highest BCUT2D eigenvalue weighted by Crippen LogP contribution is 2.35. The van der Waals surface area contributed by atoms with Crippen LogP contribution in [-0.4, -0.2) is 6.21 Å². The minimum atomic E-state index is 1.04. The highest BCUT2D eigenvalue weighted by Gasteiger charge is 2.19. The van der Waals surface area contributed by atoms with Gasteiger partial charge < -0.3 is 0 Å².